The molecule has 0 aliphatic carbocycles. The van der Waals surface area contributed by atoms with E-state index in [1.165, 1.54) is 32.1 Å². The van der Waals surface area contributed by atoms with Gasteiger partial charge in [0.05, 0.1) is 11.3 Å². The highest BCUT2D eigenvalue weighted by Crippen LogP contribution is 2.15. The molecule has 0 aromatic heterocycles. The Morgan fingerprint density at radius 1 is 0.688 bits per heavy atom. The third-order valence-electron chi connectivity index (χ3n) is 5.24. The van der Waals surface area contributed by atoms with Crippen LogP contribution >= 0.6 is 0 Å². The number of carbonyl (C=O) groups is 3. The summed E-state index contributed by atoms with van der Waals surface area (Å²) in [5.74, 6) is -1.77. The number of carbonyl (C=O) groups excluding carboxylic acids is 3. The zero-order valence-corrected chi connectivity index (χ0v) is 19.0. The molecule has 0 saturated heterocycles. The lowest BCUT2D eigenvalue weighted by molar-refractivity contribution is -0.136. The minimum Gasteiger partial charge on any atom is -0.348 e. The molecule has 3 N–H and O–H groups in total. The number of hydrogen-bond donors (Lipinski definition) is 3. The van der Waals surface area contributed by atoms with Crippen LogP contribution in [0.2, 0.25) is 0 Å². The second kappa shape index (κ2) is 14.8. The minimum atomic E-state index is -0.770. The molecule has 0 aliphatic rings. The summed E-state index contributed by atoms with van der Waals surface area (Å²) in [5.41, 5.74) is 1.60. The molecule has 0 atom stereocenters. The Bertz CT molecular complexity index is 852. The number of rotatable bonds is 13. The van der Waals surface area contributed by atoms with Gasteiger partial charge < -0.3 is 16.0 Å². The van der Waals surface area contributed by atoms with Crippen LogP contribution in [0.3, 0.4) is 0 Å². The Morgan fingerprint density at radius 3 is 2.03 bits per heavy atom. The first-order valence-corrected chi connectivity index (χ1v) is 11.6. The van der Waals surface area contributed by atoms with Gasteiger partial charge in [-0.1, -0.05) is 94.3 Å². The average Bonchev–Trinajstić information content (AvgIpc) is 2.82. The topological polar surface area (TPSA) is 87.3 Å². The third kappa shape index (κ3) is 9.33. The molecule has 0 unspecified atom stereocenters. The highest BCUT2D eigenvalue weighted by atomic mass is 16.2. The fourth-order valence-corrected chi connectivity index (χ4v) is 3.38. The van der Waals surface area contributed by atoms with E-state index in [4.69, 9.17) is 0 Å². The molecule has 0 radical (unpaired) electrons. The Balaban J connectivity index is 1.74. The van der Waals surface area contributed by atoms with Gasteiger partial charge in [-0.3, -0.25) is 14.4 Å². The highest BCUT2D eigenvalue weighted by Gasteiger charge is 2.17. The second-order valence-corrected chi connectivity index (χ2v) is 7.90. The van der Waals surface area contributed by atoms with E-state index in [1.54, 1.807) is 24.3 Å². The maximum absolute atomic E-state index is 12.6. The van der Waals surface area contributed by atoms with E-state index < -0.39 is 11.8 Å². The largest absolute Gasteiger partial charge is 0.348 e. The number of amides is 3. The van der Waals surface area contributed by atoms with Crippen molar-refractivity contribution in [1.82, 2.24) is 10.6 Å². The van der Waals surface area contributed by atoms with E-state index in [1.807, 2.05) is 30.3 Å². The SMILES string of the molecule is CCCCCCCCCCNC(=O)C(=O)Nc1ccccc1C(=O)NCc1ccccc1. The van der Waals surface area contributed by atoms with Crippen LogP contribution in [0.15, 0.2) is 54.6 Å². The molecule has 172 valence electrons. The summed E-state index contributed by atoms with van der Waals surface area (Å²) in [7, 11) is 0. The van der Waals surface area contributed by atoms with Crippen LogP contribution in [0.1, 0.15) is 74.2 Å². The Kier molecular flexibility index (Phi) is 11.6. The van der Waals surface area contributed by atoms with Crippen LogP contribution < -0.4 is 16.0 Å². The summed E-state index contributed by atoms with van der Waals surface area (Å²) < 4.78 is 0. The molecule has 0 saturated carbocycles. The van der Waals surface area contributed by atoms with Crippen molar-refractivity contribution in [1.29, 1.82) is 0 Å². The van der Waals surface area contributed by atoms with Gasteiger partial charge >= 0.3 is 11.8 Å². The predicted octanol–water partition coefficient (Wildman–Crippen LogP) is 4.81. The number of unbranched alkanes of at least 4 members (excludes halogenated alkanes) is 7. The van der Waals surface area contributed by atoms with Crippen molar-refractivity contribution in [3.8, 4) is 0 Å². The first kappa shape index (κ1) is 25.1. The summed E-state index contributed by atoms with van der Waals surface area (Å²) >= 11 is 0. The quantitative estimate of drug-likeness (QED) is 0.310. The first-order valence-electron chi connectivity index (χ1n) is 11.6. The van der Waals surface area contributed by atoms with E-state index in [-0.39, 0.29) is 5.91 Å². The van der Waals surface area contributed by atoms with Crippen molar-refractivity contribution in [2.45, 2.75) is 64.8 Å². The molecule has 0 spiro atoms. The molecule has 0 aliphatic heterocycles. The fraction of sp³-hybridized carbons (Fsp3) is 0.423. The first-order chi connectivity index (χ1) is 15.6. The van der Waals surface area contributed by atoms with Crippen LogP contribution in [-0.2, 0) is 16.1 Å². The molecule has 0 bridgehead atoms. The van der Waals surface area contributed by atoms with Crippen LogP contribution in [0.25, 0.3) is 0 Å². The van der Waals surface area contributed by atoms with Crippen LogP contribution in [0.4, 0.5) is 5.69 Å². The molecule has 2 aromatic rings. The fourth-order valence-electron chi connectivity index (χ4n) is 3.38. The Morgan fingerprint density at radius 2 is 1.31 bits per heavy atom. The smallest absolute Gasteiger partial charge is 0.313 e. The van der Waals surface area contributed by atoms with Crippen LogP contribution in [-0.4, -0.2) is 24.3 Å². The van der Waals surface area contributed by atoms with Gasteiger partial charge in [-0.2, -0.15) is 0 Å². The maximum Gasteiger partial charge on any atom is 0.313 e. The zero-order chi connectivity index (χ0) is 23.0. The third-order valence-corrected chi connectivity index (χ3v) is 5.24. The molecular formula is C26H35N3O3. The molecular weight excluding hydrogens is 402 g/mol. The van der Waals surface area contributed by atoms with Crippen molar-refractivity contribution < 1.29 is 14.4 Å². The number of benzene rings is 2. The standard InChI is InChI=1S/C26H35N3O3/c1-2-3-4-5-6-7-8-14-19-27-25(31)26(32)29-23-18-13-12-17-22(23)24(30)28-20-21-15-10-9-11-16-21/h9-13,15-18H,2-8,14,19-20H2,1H3,(H,27,31)(H,28,30)(H,29,32). The summed E-state index contributed by atoms with van der Waals surface area (Å²) in [6.07, 6.45) is 9.36. The van der Waals surface area contributed by atoms with Gasteiger partial charge in [0.25, 0.3) is 5.91 Å². The number of hydrogen-bond acceptors (Lipinski definition) is 3. The molecule has 0 fully saturated rings. The van der Waals surface area contributed by atoms with Gasteiger partial charge in [-0.15, -0.1) is 0 Å². The van der Waals surface area contributed by atoms with Crippen molar-refractivity contribution in [3.05, 3.63) is 65.7 Å². The normalized spacial score (nSPS) is 10.4. The van der Waals surface area contributed by atoms with Crippen molar-refractivity contribution in [3.63, 3.8) is 0 Å². The number of anilines is 1. The van der Waals surface area contributed by atoms with Crippen molar-refractivity contribution >= 4 is 23.4 Å². The van der Waals surface area contributed by atoms with E-state index in [2.05, 4.69) is 22.9 Å². The van der Waals surface area contributed by atoms with Crippen molar-refractivity contribution in [2.75, 3.05) is 11.9 Å². The maximum atomic E-state index is 12.6. The van der Waals surface area contributed by atoms with Gasteiger partial charge in [-0.25, -0.2) is 0 Å². The van der Waals surface area contributed by atoms with Crippen LogP contribution in [0.5, 0.6) is 0 Å². The molecule has 2 rings (SSSR count). The number of nitrogens with one attached hydrogen (secondary N) is 3. The van der Waals surface area contributed by atoms with E-state index in [0.29, 0.717) is 24.3 Å². The minimum absolute atomic E-state index is 0.310. The predicted molar refractivity (Wildman–Crippen MR) is 128 cm³/mol. The van der Waals surface area contributed by atoms with Crippen LogP contribution in [0, 0.1) is 0 Å². The lowest BCUT2D eigenvalue weighted by atomic mass is 10.1. The summed E-state index contributed by atoms with van der Waals surface area (Å²) in [5, 5.41) is 8.05. The van der Waals surface area contributed by atoms with Gasteiger partial charge in [0.1, 0.15) is 0 Å². The lowest BCUT2D eigenvalue weighted by Crippen LogP contribution is -2.36. The van der Waals surface area contributed by atoms with E-state index in [9.17, 15) is 14.4 Å². The molecule has 3 amide bonds. The van der Waals surface area contributed by atoms with E-state index >= 15 is 0 Å². The molecule has 2 aromatic carbocycles. The van der Waals surface area contributed by atoms with E-state index in [0.717, 1.165) is 24.8 Å². The second-order valence-electron chi connectivity index (χ2n) is 7.90. The Labute approximate surface area is 191 Å². The number of para-hydroxylation sites is 1. The Hall–Kier alpha value is -3.15. The van der Waals surface area contributed by atoms with Gasteiger partial charge in [0.2, 0.25) is 0 Å². The highest BCUT2D eigenvalue weighted by molar-refractivity contribution is 6.40. The van der Waals surface area contributed by atoms with Crippen molar-refractivity contribution in [2.24, 2.45) is 0 Å². The van der Waals surface area contributed by atoms with Gasteiger partial charge in [0.15, 0.2) is 0 Å². The average molecular weight is 438 g/mol. The molecule has 6 heteroatoms. The summed E-state index contributed by atoms with van der Waals surface area (Å²) in [6.45, 7) is 3.06. The monoisotopic (exact) mass is 437 g/mol. The van der Waals surface area contributed by atoms with Gasteiger partial charge in [0, 0.05) is 13.1 Å². The summed E-state index contributed by atoms with van der Waals surface area (Å²) in [4.78, 5) is 37.0. The molecule has 6 nitrogen and oxygen atoms in total. The summed E-state index contributed by atoms with van der Waals surface area (Å²) in [6, 6.07) is 16.2. The molecule has 0 heterocycles. The zero-order valence-electron chi connectivity index (χ0n) is 19.0. The van der Waals surface area contributed by atoms with Gasteiger partial charge in [-0.05, 0) is 24.1 Å². The lowest BCUT2D eigenvalue weighted by Gasteiger charge is -2.11. The molecule has 32 heavy (non-hydrogen) atoms.